The van der Waals surface area contributed by atoms with E-state index in [0.717, 1.165) is 16.7 Å². The smallest absolute Gasteiger partial charge is 0.113 e. The summed E-state index contributed by atoms with van der Waals surface area (Å²) in [6.45, 7) is 2.23. The zero-order valence-electron chi connectivity index (χ0n) is 19.3. The molecule has 0 radical (unpaired) electrons. The molecule has 0 amide bonds. The predicted octanol–water partition coefficient (Wildman–Crippen LogP) is 5.30. The number of nitrogens with zero attached hydrogens (tertiary/aromatic N) is 1. The lowest BCUT2D eigenvalue weighted by Gasteiger charge is -2.42. The second-order valence-electron chi connectivity index (χ2n) is 8.52. The number of hydrogen-bond donors (Lipinski definition) is 0. The van der Waals surface area contributed by atoms with E-state index in [1.807, 2.05) is 91.0 Å². The summed E-state index contributed by atoms with van der Waals surface area (Å²) in [6.07, 6.45) is -0.569. The molecule has 4 rings (SSSR count). The fourth-order valence-corrected chi connectivity index (χ4v) is 4.19. The Morgan fingerprint density at radius 1 is 0.706 bits per heavy atom. The van der Waals surface area contributed by atoms with Crippen molar-refractivity contribution in [1.29, 1.82) is 5.26 Å². The summed E-state index contributed by atoms with van der Waals surface area (Å²) in [5.41, 5.74) is 3.28. The van der Waals surface area contributed by atoms with Crippen LogP contribution in [0.2, 0.25) is 0 Å². The van der Waals surface area contributed by atoms with Gasteiger partial charge in [0.15, 0.2) is 0 Å². The van der Waals surface area contributed by atoms with Gasteiger partial charge in [-0.2, -0.15) is 5.26 Å². The molecule has 5 nitrogen and oxygen atoms in total. The summed E-state index contributed by atoms with van der Waals surface area (Å²) in [4.78, 5) is 0. The molecule has 1 fully saturated rings. The van der Waals surface area contributed by atoms with Gasteiger partial charge in [-0.05, 0) is 16.7 Å². The van der Waals surface area contributed by atoms with Crippen molar-refractivity contribution in [2.75, 3.05) is 13.2 Å². The molecule has 1 heterocycles. The SMILES string of the molecule is N#CCC1COC(COCc2ccccc2)C(OCc2ccccc2)C1OCc1ccccc1. The van der Waals surface area contributed by atoms with Gasteiger partial charge in [0.2, 0.25) is 0 Å². The van der Waals surface area contributed by atoms with Gasteiger partial charge in [0.1, 0.15) is 12.2 Å². The number of nitriles is 1. The highest BCUT2D eigenvalue weighted by molar-refractivity contribution is 5.15. The van der Waals surface area contributed by atoms with Crippen LogP contribution in [0, 0.1) is 17.2 Å². The molecule has 1 saturated heterocycles. The van der Waals surface area contributed by atoms with Gasteiger partial charge in [-0.1, -0.05) is 91.0 Å². The maximum absolute atomic E-state index is 9.42. The molecule has 176 valence electrons. The molecular formula is C29H31NO4. The van der Waals surface area contributed by atoms with Crippen LogP contribution in [-0.2, 0) is 38.8 Å². The highest BCUT2D eigenvalue weighted by Crippen LogP contribution is 2.30. The third kappa shape index (κ3) is 6.99. The van der Waals surface area contributed by atoms with Crippen molar-refractivity contribution in [2.24, 2.45) is 5.92 Å². The summed E-state index contributed by atoms with van der Waals surface area (Å²) < 4.78 is 25.0. The van der Waals surface area contributed by atoms with Gasteiger partial charge < -0.3 is 18.9 Å². The summed E-state index contributed by atoms with van der Waals surface area (Å²) in [5, 5.41) is 9.42. The molecular weight excluding hydrogens is 426 g/mol. The van der Waals surface area contributed by atoms with Crippen LogP contribution >= 0.6 is 0 Å². The van der Waals surface area contributed by atoms with Crippen molar-refractivity contribution < 1.29 is 18.9 Å². The van der Waals surface area contributed by atoms with E-state index in [1.165, 1.54) is 0 Å². The molecule has 0 N–H and O–H groups in total. The number of hydrogen-bond acceptors (Lipinski definition) is 5. The van der Waals surface area contributed by atoms with Crippen LogP contribution in [0.4, 0.5) is 0 Å². The Labute approximate surface area is 201 Å². The first-order chi connectivity index (χ1) is 16.8. The molecule has 5 heteroatoms. The number of benzene rings is 3. The van der Waals surface area contributed by atoms with Crippen LogP contribution in [0.15, 0.2) is 91.0 Å². The maximum atomic E-state index is 9.42. The van der Waals surface area contributed by atoms with E-state index in [2.05, 4.69) is 6.07 Å². The Morgan fingerprint density at radius 3 is 1.74 bits per heavy atom. The van der Waals surface area contributed by atoms with Crippen molar-refractivity contribution in [3.63, 3.8) is 0 Å². The van der Waals surface area contributed by atoms with Gasteiger partial charge in [-0.15, -0.1) is 0 Å². The van der Waals surface area contributed by atoms with Gasteiger partial charge in [-0.3, -0.25) is 0 Å². The molecule has 4 unspecified atom stereocenters. The molecule has 3 aromatic carbocycles. The average molecular weight is 458 g/mol. The molecule has 1 aliphatic heterocycles. The van der Waals surface area contributed by atoms with Crippen LogP contribution in [0.25, 0.3) is 0 Å². The molecule has 3 aromatic rings. The van der Waals surface area contributed by atoms with E-state index in [-0.39, 0.29) is 24.2 Å². The van der Waals surface area contributed by atoms with Crippen molar-refractivity contribution in [3.8, 4) is 6.07 Å². The minimum Gasteiger partial charge on any atom is -0.374 e. The third-order valence-electron chi connectivity index (χ3n) is 6.00. The van der Waals surface area contributed by atoms with E-state index in [9.17, 15) is 5.26 Å². The van der Waals surface area contributed by atoms with Gasteiger partial charge in [0, 0.05) is 12.3 Å². The Kier molecular flexibility index (Phi) is 9.24. The Balaban J connectivity index is 1.47. The second kappa shape index (κ2) is 13.0. The second-order valence-corrected chi connectivity index (χ2v) is 8.52. The van der Waals surface area contributed by atoms with Crippen LogP contribution in [-0.4, -0.2) is 31.5 Å². The number of rotatable bonds is 11. The first-order valence-corrected chi connectivity index (χ1v) is 11.7. The lowest BCUT2D eigenvalue weighted by atomic mass is 9.89. The van der Waals surface area contributed by atoms with Crippen LogP contribution in [0.3, 0.4) is 0 Å². The molecule has 34 heavy (non-hydrogen) atoms. The lowest BCUT2D eigenvalue weighted by molar-refractivity contribution is -0.218. The molecule has 4 atom stereocenters. The highest BCUT2D eigenvalue weighted by Gasteiger charge is 2.42. The molecule has 1 aliphatic rings. The van der Waals surface area contributed by atoms with Crippen LogP contribution in [0.5, 0.6) is 0 Å². The van der Waals surface area contributed by atoms with Crippen LogP contribution in [0.1, 0.15) is 23.1 Å². The average Bonchev–Trinajstić information content (AvgIpc) is 2.89. The maximum Gasteiger partial charge on any atom is 0.113 e. The van der Waals surface area contributed by atoms with E-state index < -0.39 is 0 Å². The summed E-state index contributed by atoms with van der Waals surface area (Å²) in [6, 6.07) is 32.5. The summed E-state index contributed by atoms with van der Waals surface area (Å²) >= 11 is 0. The van der Waals surface area contributed by atoms with E-state index in [4.69, 9.17) is 18.9 Å². The van der Waals surface area contributed by atoms with Crippen molar-refractivity contribution in [2.45, 2.75) is 44.6 Å². The standard InChI is InChI=1S/C29H31NO4/c30-17-16-26-21-32-27(22-31-18-23-10-4-1-5-11-23)29(34-20-25-14-8-3-9-15-25)28(26)33-19-24-12-6-2-7-13-24/h1-15,26-29H,16,18-22H2. The van der Waals surface area contributed by atoms with Crippen molar-refractivity contribution >= 4 is 0 Å². The largest absolute Gasteiger partial charge is 0.374 e. The predicted molar refractivity (Wildman–Crippen MR) is 130 cm³/mol. The van der Waals surface area contributed by atoms with Crippen molar-refractivity contribution in [3.05, 3.63) is 108 Å². The van der Waals surface area contributed by atoms with Gasteiger partial charge in [0.25, 0.3) is 0 Å². The Bertz CT molecular complexity index is 1010. The Hall–Kier alpha value is -3.01. The molecule has 0 spiro atoms. The third-order valence-corrected chi connectivity index (χ3v) is 6.00. The topological polar surface area (TPSA) is 60.7 Å². The van der Waals surface area contributed by atoms with Crippen LogP contribution < -0.4 is 0 Å². The fourth-order valence-electron chi connectivity index (χ4n) is 4.19. The fraction of sp³-hybridized carbons (Fsp3) is 0.345. The van der Waals surface area contributed by atoms with E-state index >= 15 is 0 Å². The minimum absolute atomic E-state index is 0.0696. The van der Waals surface area contributed by atoms with Gasteiger partial charge in [-0.25, -0.2) is 0 Å². The molecule has 0 aliphatic carbocycles. The van der Waals surface area contributed by atoms with Crippen molar-refractivity contribution in [1.82, 2.24) is 0 Å². The monoisotopic (exact) mass is 457 g/mol. The zero-order chi connectivity index (χ0) is 23.4. The normalized spacial score (nSPS) is 22.2. The first-order valence-electron chi connectivity index (χ1n) is 11.7. The zero-order valence-corrected chi connectivity index (χ0v) is 19.3. The first kappa shape index (κ1) is 24.1. The van der Waals surface area contributed by atoms with E-state index in [0.29, 0.717) is 39.5 Å². The van der Waals surface area contributed by atoms with E-state index in [1.54, 1.807) is 0 Å². The molecule has 0 saturated carbocycles. The lowest BCUT2D eigenvalue weighted by Crippen LogP contribution is -2.54. The molecule has 0 bridgehead atoms. The highest BCUT2D eigenvalue weighted by atomic mass is 16.6. The summed E-state index contributed by atoms with van der Waals surface area (Å²) in [5.74, 6) is -0.0696. The molecule has 0 aromatic heterocycles. The quantitative estimate of drug-likeness (QED) is 0.391. The van der Waals surface area contributed by atoms with Gasteiger partial charge >= 0.3 is 0 Å². The number of ether oxygens (including phenoxy) is 4. The Morgan fingerprint density at radius 2 is 1.21 bits per heavy atom. The summed E-state index contributed by atoms with van der Waals surface area (Å²) in [7, 11) is 0. The van der Waals surface area contributed by atoms with Gasteiger partial charge in [0.05, 0.1) is 45.2 Å². The minimum atomic E-state index is -0.355.